The molecule has 0 spiro atoms. The zero-order valence-electron chi connectivity index (χ0n) is 19.6. The van der Waals surface area contributed by atoms with Gasteiger partial charge in [-0.25, -0.2) is 9.97 Å². The molecule has 2 aliphatic rings. The standard InChI is InChI=1S/C24H30F4N6O/c1-15-10-17(8-9-33(15)13-20(29)35)11-30-22-21(25)23(32-14-31-22)34(19-6-7-19)12-16-2-4-18(5-3-16)24(26,27)28/h2-5,14-15,17,19H,6-13H2,1H3,(H2,29,35)(H,30,31,32). The van der Waals surface area contributed by atoms with E-state index < -0.39 is 17.6 Å². The van der Waals surface area contributed by atoms with Crippen LogP contribution in [0.4, 0.5) is 29.2 Å². The van der Waals surface area contributed by atoms with Gasteiger partial charge in [0.15, 0.2) is 11.6 Å². The first kappa shape index (κ1) is 25.2. The molecule has 7 nitrogen and oxygen atoms in total. The third-order valence-corrected chi connectivity index (χ3v) is 6.70. The summed E-state index contributed by atoms with van der Waals surface area (Å²) in [6, 6.07) is 5.21. The normalized spacial score (nSPS) is 21.1. The fraction of sp³-hybridized carbons (Fsp3) is 0.542. The van der Waals surface area contributed by atoms with Crippen molar-refractivity contribution in [2.75, 3.05) is 29.9 Å². The molecule has 2 atom stereocenters. The molecule has 1 aliphatic carbocycles. The summed E-state index contributed by atoms with van der Waals surface area (Å²) in [6.45, 7) is 3.82. The van der Waals surface area contributed by atoms with Crippen molar-refractivity contribution < 1.29 is 22.4 Å². The Labute approximate surface area is 201 Å². The van der Waals surface area contributed by atoms with Gasteiger partial charge in [0.25, 0.3) is 0 Å². The summed E-state index contributed by atoms with van der Waals surface area (Å²) in [7, 11) is 0. The van der Waals surface area contributed by atoms with E-state index >= 15 is 4.39 Å². The number of primary amides is 1. The largest absolute Gasteiger partial charge is 0.416 e. The predicted molar refractivity (Wildman–Crippen MR) is 124 cm³/mol. The molecule has 11 heteroatoms. The van der Waals surface area contributed by atoms with Gasteiger partial charge in [-0.3, -0.25) is 9.69 Å². The maximum absolute atomic E-state index is 15.4. The topological polar surface area (TPSA) is 87.4 Å². The molecular weight excluding hydrogens is 464 g/mol. The van der Waals surface area contributed by atoms with Crippen molar-refractivity contribution in [3.63, 3.8) is 0 Å². The van der Waals surface area contributed by atoms with Crippen LogP contribution < -0.4 is 16.0 Å². The maximum atomic E-state index is 15.4. The second-order valence-corrected chi connectivity index (χ2v) is 9.47. The molecule has 1 amide bonds. The van der Waals surface area contributed by atoms with E-state index in [0.29, 0.717) is 18.0 Å². The van der Waals surface area contributed by atoms with Gasteiger partial charge in [-0.15, -0.1) is 0 Å². The van der Waals surface area contributed by atoms with E-state index in [1.165, 1.54) is 18.5 Å². The monoisotopic (exact) mass is 494 g/mol. The minimum absolute atomic E-state index is 0.0879. The molecule has 1 aliphatic heterocycles. The van der Waals surface area contributed by atoms with Crippen LogP contribution in [0.5, 0.6) is 0 Å². The average Bonchev–Trinajstić information content (AvgIpc) is 3.63. The number of benzene rings is 1. The van der Waals surface area contributed by atoms with Crippen molar-refractivity contribution in [3.8, 4) is 0 Å². The van der Waals surface area contributed by atoms with Crippen molar-refractivity contribution in [1.29, 1.82) is 0 Å². The van der Waals surface area contributed by atoms with Gasteiger partial charge in [-0.05, 0) is 62.8 Å². The Kier molecular flexibility index (Phi) is 7.44. The summed E-state index contributed by atoms with van der Waals surface area (Å²) in [5, 5.41) is 3.11. The third-order valence-electron chi connectivity index (χ3n) is 6.70. The van der Waals surface area contributed by atoms with Crippen LogP contribution in [0.2, 0.25) is 0 Å². The Morgan fingerprint density at radius 2 is 1.91 bits per heavy atom. The SMILES string of the molecule is CC1CC(CNc2ncnc(N(Cc3ccc(C(F)(F)F)cc3)C3CC3)c2F)CCN1CC(N)=O. The van der Waals surface area contributed by atoms with Crippen LogP contribution in [0.15, 0.2) is 30.6 Å². The van der Waals surface area contributed by atoms with Gasteiger partial charge in [0, 0.05) is 25.2 Å². The number of hydrogen-bond acceptors (Lipinski definition) is 6. The Morgan fingerprint density at radius 3 is 2.51 bits per heavy atom. The van der Waals surface area contributed by atoms with Crippen molar-refractivity contribution in [2.24, 2.45) is 11.7 Å². The number of piperidine rings is 1. The molecule has 0 radical (unpaired) electrons. The summed E-state index contributed by atoms with van der Waals surface area (Å²) >= 11 is 0. The third kappa shape index (κ3) is 6.39. The Morgan fingerprint density at radius 1 is 1.20 bits per heavy atom. The molecule has 0 bridgehead atoms. The number of rotatable bonds is 9. The smallest absolute Gasteiger partial charge is 0.369 e. The number of carbonyl (C=O) groups excluding carboxylic acids is 1. The number of likely N-dealkylation sites (tertiary alicyclic amines) is 1. The molecule has 2 aromatic rings. The second kappa shape index (κ2) is 10.3. The minimum Gasteiger partial charge on any atom is -0.369 e. The van der Waals surface area contributed by atoms with Gasteiger partial charge in [0.2, 0.25) is 11.7 Å². The van der Waals surface area contributed by atoms with Crippen LogP contribution in [0.25, 0.3) is 0 Å². The molecule has 1 aromatic heterocycles. The van der Waals surface area contributed by atoms with Crippen LogP contribution in [0.1, 0.15) is 43.7 Å². The van der Waals surface area contributed by atoms with Crippen LogP contribution in [0, 0.1) is 11.7 Å². The predicted octanol–water partition coefficient (Wildman–Crippen LogP) is 3.80. The lowest BCUT2D eigenvalue weighted by molar-refractivity contribution is -0.137. The van der Waals surface area contributed by atoms with Gasteiger partial charge in [0.05, 0.1) is 12.1 Å². The van der Waals surface area contributed by atoms with Crippen LogP contribution >= 0.6 is 0 Å². The molecule has 2 heterocycles. The van der Waals surface area contributed by atoms with Crippen molar-refractivity contribution >= 4 is 17.5 Å². The first-order valence-corrected chi connectivity index (χ1v) is 11.8. The zero-order valence-corrected chi connectivity index (χ0v) is 19.6. The Hall–Kier alpha value is -2.95. The van der Waals surface area contributed by atoms with Crippen LogP contribution in [-0.2, 0) is 17.5 Å². The molecule has 2 unspecified atom stereocenters. The molecule has 2 fully saturated rings. The maximum Gasteiger partial charge on any atom is 0.416 e. The number of carbonyl (C=O) groups is 1. The van der Waals surface area contributed by atoms with Crippen molar-refractivity contribution in [1.82, 2.24) is 14.9 Å². The number of hydrogen-bond donors (Lipinski definition) is 2. The fourth-order valence-corrected chi connectivity index (χ4v) is 4.62. The summed E-state index contributed by atoms with van der Waals surface area (Å²) < 4.78 is 54.1. The first-order chi connectivity index (χ1) is 16.6. The average molecular weight is 495 g/mol. The van der Waals surface area contributed by atoms with E-state index in [1.54, 1.807) is 4.90 Å². The Balaban J connectivity index is 1.41. The number of aromatic nitrogens is 2. The van der Waals surface area contributed by atoms with Crippen molar-refractivity contribution in [2.45, 2.75) is 57.4 Å². The summed E-state index contributed by atoms with van der Waals surface area (Å²) in [6.07, 6.45) is 0.350. The number of halogens is 4. The summed E-state index contributed by atoms with van der Waals surface area (Å²) in [5.74, 6) is -0.362. The molecule has 190 valence electrons. The number of alkyl halides is 3. The zero-order chi connectivity index (χ0) is 25.2. The van der Waals surface area contributed by atoms with Crippen molar-refractivity contribution in [3.05, 3.63) is 47.5 Å². The Bertz CT molecular complexity index is 1030. The molecular formula is C24H30F4N6O. The highest BCUT2D eigenvalue weighted by molar-refractivity contribution is 5.76. The lowest BCUT2D eigenvalue weighted by atomic mass is 9.91. The van der Waals surface area contributed by atoms with Gasteiger partial charge >= 0.3 is 6.18 Å². The first-order valence-electron chi connectivity index (χ1n) is 11.8. The number of nitrogens with one attached hydrogen (secondary N) is 1. The molecule has 35 heavy (non-hydrogen) atoms. The molecule has 1 saturated heterocycles. The van der Waals surface area contributed by atoms with E-state index in [9.17, 15) is 18.0 Å². The fourth-order valence-electron chi connectivity index (χ4n) is 4.62. The highest BCUT2D eigenvalue weighted by atomic mass is 19.4. The van der Waals surface area contributed by atoms with E-state index in [0.717, 1.165) is 44.4 Å². The number of anilines is 2. The van der Waals surface area contributed by atoms with E-state index in [1.807, 2.05) is 6.92 Å². The van der Waals surface area contributed by atoms with Crippen LogP contribution in [-0.4, -0.2) is 52.5 Å². The van der Waals surface area contributed by atoms with E-state index in [-0.39, 0.29) is 42.7 Å². The van der Waals surface area contributed by atoms with Gasteiger partial charge in [-0.1, -0.05) is 12.1 Å². The number of amides is 1. The minimum atomic E-state index is -4.40. The van der Waals surface area contributed by atoms with Crippen LogP contribution in [0.3, 0.4) is 0 Å². The molecule has 3 N–H and O–H groups in total. The van der Waals surface area contributed by atoms with E-state index in [2.05, 4.69) is 20.2 Å². The second-order valence-electron chi connectivity index (χ2n) is 9.47. The quantitative estimate of drug-likeness (QED) is 0.516. The lowest BCUT2D eigenvalue weighted by Crippen LogP contribution is -2.46. The van der Waals surface area contributed by atoms with Gasteiger partial charge in [-0.2, -0.15) is 17.6 Å². The lowest BCUT2D eigenvalue weighted by Gasteiger charge is -2.37. The van der Waals surface area contributed by atoms with Gasteiger partial charge < -0.3 is 16.0 Å². The summed E-state index contributed by atoms with van der Waals surface area (Å²) in [5.41, 5.74) is 5.24. The highest BCUT2D eigenvalue weighted by Crippen LogP contribution is 2.35. The molecule has 1 aromatic carbocycles. The highest BCUT2D eigenvalue weighted by Gasteiger charge is 2.34. The number of nitrogens with two attached hydrogens (primary N) is 1. The van der Waals surface area contributed by atoms with Gasteiger partial charge in [0.1, 0.15) is 6.33 Å². The van der Waals surface area contributed by atoms with E-state index in [4.69, 9.17) is 5.73 Å². The molecule has 1 saturated carbocycles. The summed E-state index contributed by atoms with van der Waals surface area (Å²) in [4.78, 5) is 23.3. The molecule has 4 rings (SSSR count). The number of nitrogens with zero attached hydrogens (tertiary/aromatic N) is 4.